The predicted molar refractivity (Wildman–Crippen MR) is 76.0 cm³/mol. The Hall–Kier alpha value is -1.56. The van der Waals surface area contributed by atoms with Gasteiger partial charge in [0.15, 0.2) is 0 Å². The number of aryl methyl sites for hydroxylation is 2. The van der Waals surface area contributed by atoms with Crippen molar-refractivity contribution in [3.8, 4) is 0 Å². The average Bonchev–Trinajstić information content (AvgIpc) is 2.59. The number of hydrogen-bond acceptors (Lipinski definition) is 4. The fraction of sp³-hybridized carbons (Fsp3) is 0.692. The van der Waals surface area contributed by atoms with Crippen LogP contribution in [-0.4, -0.2) is 59.5 Å². The molecule has 0 aliphatic carbocycles. The summed E-state index contributed by atoms with van der Waals surface area (Å²) in [6.45, 7) is 6.33. The normalized spacial score (nSPS) is 11.1. The van der Waals surface area contributed by atoms with Crippen LogP contribution in [0.15, 0.2) is 0 Å². The van der Waals surface area contributed by atoms with E-state index in [-0.39, 0.29) is 0 Å². The lowest BCUT2D eigenvalue weighted by atomic mass is 10.2. The number of aromatic carboxylic acids is 1. The number of carboxylic acid groups (broad SMARTS) is 1. The average molecular weight is 268 g/mol. The minimum atomic E-state index is -0.911. The first-order chi connectivity index (χ1) is 8.88. The first kappa shape index (κ1) is 15.5. The van der Waals surface area contributed by atoms with Crippen molar-refractivity contribution in [1.82, 2.24) is 14.7 Å². The molecular formula is C13H24N4O2. The molecule has 0 spiro atoms. The van der Waals surface area contributed by atoms with Crippen molar-refractivity contribution in [2.45, 2.75) is 20.3 Å². The first-order valence-corrected chi connectivity index (χ1v) is 6.55. The summed E-state index contributed by atoms with van der Waals surface area (Å²) in [6, 6.07) is 0. The van der Waals surface area contributed by atoms with Gasteiger partial charge in [-0.3, -0.25) is 4.68 Å². The Morgan fingerprint density at radius 3 is 2.42 bits per heavy atom. The highest BCUT2D eigenvalue weighted by atomic mass is 16.4. The lowest BCUT2D eigenvalue weighted by Crippen LogP contribution is -2.34. The highest BCUT2D eigenvalue weighted by molar-refractivity contribution is 5.94. The van der Waals surface area contributed by atoms with E-state index < -0.39 is 5.97 Å². The zero-order valence-corrected chi connectivity index (χ0v) is 12.5. The van der Waals surface area contributed by atoms with Gasteiger partial charge in [-0.15, -0.1) is 0 Å². The topological polar surface area (TPSA) is 61.6 Å². The number of aromatic nitrogens is 2. The standard InChI is InChI=1S/C13H24N4O2/c1-6-7-17(9-8-15(3)4)12-11(13(18)19)10(2)14-16(12)5/h6-9H2,1-5H3,(H,18,19). The highest BCUT2D eigenvalue weighted by Crippen LogP contribution is 2.23. The zero-order valence-electron chi connectivity index (χ0n) is 12.5. The summed E-state index contributed by atoms with van der Waals surface area (Å²) in [5, 5.41) is 13.6. The molecule has 0 unspecified atom stereocenters. The lowest BCUT2D eigenvalue weighted by Gasteiger charge is -2.26. The fourth-order valence-electron chi connectivity index (χ4n) is 2.17. The summed E-state index contributed by atoms with van der Waals surface area (Å²) >= 11 is 0. The molecule has 0 aliphatic heterocycles. The molecule has 1 rings (SSSR count). The van der Waals surface area contributed by atoms with Crippen LogP contribution in [0.1, 0.15) is 29.4 Å². The van der Waals surface area contributed by atoms with E-state index in [4.69, 9.17) is 0 Å². The Morgan fingerprint density at radius 2 is 1.95 bits per heavy atom. The van der Waals surface area contributed by atoms with Crippen molar-refractivity contribution in [2.24, 2.45) is 7.05 Å². The molecule has 0 atom stereocenters. The fourth-order valence-corrected chi connectivity index (χ4v) is 2.17. The lowest BCUT2D eigenvalue weighted by molar-refractivity contribution is 0.0696. The van der Waals surface area contributed by atoms with Gasteiger partial charge in [-0.1, -0.05) is 6.92 Å². The van der Waals surface area contributed by atoms with Crippen LogP contribution < -0.4 is 4.90 Å². The van der Waals surface area contributed by atoms with Gasteiger partial charge in [-0.05, 0) is 27.4 Å². The second-order valence-corrected chi connectivity index (χ2v) is 5.00. The smallest absolute Gasteiger partial charge is 0.341 e. The molecule has 1 aromatic rings. The Kier molecular flexibility index (Phi) is 5.35. The Labute approximate surface area is 114 Å². The van der Waals surface area contributed by atoms with Gasteiger partial charge in [0.1, 0.15) is 11.4 Å². The number of carbonyl (C=O) groups is 1. The van der Waals surface area contributed by atoms with Crippen LogP contribution in [0.25, 0.3) is 0 Å². The monoisotopic (exact) mass is 268 g/mol. The molecule has 0 radical (unpaired) electrons. The third-order valence-electron chi connectivity index (χ3n) is 3.02. The van der Waals surface area contributed by atoms with Crippen molar-refractivity contribution >= 4 is 11.8 Å². The molecule has 0 saturated heterocycles. The van der Waals surface area contributed by atoms with Crippen molar-refractivity contribution in [1.29, 1.82) is 0 Å². The Morgan fingerprint density at radius 1 is 1.32 bits per heavy atom. The quantitative estimate of drug-likeness (QED) is 0.805. The number of hydrogen-bond donors (Lipinski definition) is 1. The van der Waals surface area contributed by atoms with Gasteiger partial charge in [0, 0.05) is 26.7 Å². The maximum Gasteiger partial charge on any atom is 0.341 e. The molecule has 1 N–H and O–H groups in total. The van der Waals surface area contributed by atoms with E-state index in [0.29, 0.717) is 17.1 Å². The summed E-state index contributed by atoms with van der Waals surface area (Å²) in [6.07, 6.45) is 0.969. The van der Waals surface area contributed by atoms with Crippen LogP contribution in [0.4, 0.5) is 5.82 Å². The van der Waals surface area contributed by atoms with E-state index in [9.17, 15) is 9.90 Å². The summed E-state index contributed by atoms with van der Waals surface area (Å²) in [4.78, 5) is 15.6. The molecule has 1 aromatic heterocycles. The van der Waals surface area contributed by atoms with Gasteiger partial charge < -0.3 is 14.9 Å². The second-order valence-electron chi connectivity index (χ2n) is 5.00. The van der Waals surface area contributed by atoms with Crippen molar-refractivity contribution in [3.05, 3.63) is 11.3 Å². The van der Waals surface area contributed by atoms with Crippen molar-refractivity contribution in [3.63, 3.8) is 0 Å². The third kappa shape index (κ3) is 3.70. The van der Waals surface area contributed by atoms with Crippen molar-refractivity contribution < 1.29 is 9.90 Å². The van der Waals surface area contributed by atoms with E-state index in [0.717, 1.165) is 26.1 Å². The van der Waals surface area contributed by atoms with E-state index in [1.54, 1.807) is 18.7 Å². The number of likely N-dealkylation sites (N-methyl/N-ethyl adjacent to an activating group) is 1. The molecular weight excluding hydrogens is 244 g/mol. The van der Waals surface area contributed by atoms with Crippen LogP contribution in [0.3, 0.4) is 0 Å². The van der Waals surface area contributed by atoms with E-state index >= 15 is 0 Å². The predicted octanol–water partition coefficient (Wildman–Crippen LogP) is 1.20. The number of nitrogens with zero attached hydrogens (tertiary/aromatic N) is 4. The van der Waals surface area contributed by atoms with Crippen LogP contribution >= 0.6 is 0 Å². The van der Waals surface area contributed by atoms with Crippen LogP contribution in [0, 0.1) is 6.92 Å². The summed E-state index contributed by atoms with van der Waals surface area (Å²) < 4.78 is 1.67. The number of carboxylic acids is 1. The zero-order chi connectivity index (χ0) is 14.6. The molecule has 6 heteroatoms. The SMILES string of the molecule is CCCN(CCN(C)C)c1c(C(=O)O)c(C)nn1C. The molecule has 0 amide bonds. The van der Waals surface area contributed by atoms with E-state index in [1.165, 1.54) is 0 Å². The molecule has 0 aromatic carbocycles. The summed E-state index contributed by atoms with van der Waals surface area (Å²) in [5.74, 6) is -0.208. The van der Waals surface area contributed by atoms with Gasteiger partial charge in [0.25, 0.3) is 0 Å². The Balaban J connectivity index is 3.10. The van der Waals surface area contributed by atoms with Gasteiger partial charge in [0.05, 0.1) is 5.69 Å². The first-order valence-electron chi connectivity index (χ1n) is 6.55. The summed E-state index contributed by atoms with van der Waals surface area (Å²) in [7, 11) is 5.82. The van der Waals surface area contributed by atoms with Gasteiger partial charge in [0.2, 0.25) is 0 Å². The van der Waals surface area contributed by atoms with Crippen molar-refractivity contribution in [2.75, 3.05) is 38.6 Å². The van der Waals surface area contributed by atoms with Gasteiger partial charge in [-0.2, -0.15) is 5.10 Å². The summed E-state index contributed by atoms with van der Waals surface area (Å²) in [5.41, 5.74) is 0.880. The Bertz CT molecular complexity index is 440. The number of anilines is 1. The molecule has 19 heavy (non-hydrogen) atoms. The van der Waals surface area contributed by atoms with Gasteiger partial charge in [-0.25, -0.2) is 4.79 Å². The van der Waals surface area contributed by atoms with Gasteiger partial charge >= 0.3 is 5.97 Å². The molecule has 0 aliphatic rings. The van der Waals surface area contributed by atoms with E-state index in [1.807, 2.05) is 14.1 Å². The van der Waals surface area contributed by atoms with Crippen LogP contribution in [-0.2, 0) is 7.05 Å². The molecule has 1 heterocycles. The minimum Gasteiger partial charge on any atom is -0.477 e. The highest BCUT2D eigenvalue weighted by Gasteiger charge is 2.23. The third-order valence-corrected chi connectivity index (χ3v) is 3.02. The minimum absolute atomic E-state index is 0.315. The van der Waals surface area contributed by atoms with E-state index in [2.05, 4.69) is 21.8 Å². The van der Waals surface area contributed by atoms with Crippen LogP contribution in [0.5, 0.6) is 0 Å². The maximum absolute atomic E-state index is 11.4. The molecule has 0 saturated carbocycles. The molecule has 6 nitrogen and oxygen atoms in total. The molecule has 0 bridgehead atoms. The van der Waals surface area contributed by atoms with Crippen LogP contribution in [0.2, 0.25) is 0 Å². The number of rotatable bonds is 7. The molecule has 0 fully saturated rings. The largest absolute Gasteiger partial charge is 0.477 e. The second kappa shape index (κ2) is 6.56. The maximum atomic E-state index is 11.4. The molecule has 108 valence electrons.